The van der Waals surface area contributed by atoms with Gasteiger partial charge in [0.15, 0.2) is 10.8 Å². The van der Waals surface area contributed by atoms with Gasteiger partial charge in [0, 0.05) is 25.4 Å². The zero-order valence-electron chi connectivity index (χ0n) is 16.2. The second kappa shape index (κ2) is 8.68. The Bertz CT molecular complexity index is 1190. The van der Waals surface area contributed by atoms with Crippen LogP contribution in [0, 0.1) is 0 Å². The number of ether oxygens (including phenoxy) is 1. The van der Waals surface area contributed by atoms with Crippen molar-refractivity contribution in [2.75, 3.05) is 4.90 Å². The van der Waals surface area contributed by atoms with E-state index in [-0.39, 0.29) is 34.4 Å². The Hall–Kier alpha value is -3.54. The Morgan fingerprint density at radius 3 is 2.61 bits per heavy atom. The lowest BCUT2D eigenvalue weighted by Gasteiger charge is -2.19. The minimum absolute atomic E-state index is 0.00891. The molecular formula is C19H15F3N4O4S. The van der Waals surface area contributed by atoms with Crippen LogP contribution in [0.4, 0.5) is 24.0 Å². The lowest BCUT2D eigenvalue weighted by atomic mass is 10.2. The number of rotatable bonds is 5. The Labute approximate surface area is 177 Å². The monoisotopic (exact) mass is 452 g/mol. The fraction of sp³-hybridized carbons (Fsp3) is 0.211. The molecule has 0 atom stereocenters. The molecule has 12 heteroatoms. The van der Waals surface area contributed by atoms with Crippen molar-refractivity contribution in [1.29, 1.82) is 0 Å². The highest BCUT2D eigenvalue weighted by Gasteiger charge is 2.31. The molecule has 1 amide bonds. The number of esters is 1. The summed E-state index contributed by atoms with van der Waals surface area (Å²) in [7, 11) is 1.38. The maximum absolute atomic E-state index is 13.0. The average molecular weight is 452 g/mol. The summed E-state index contributed by atoms with van der Waals surface area (Å²) >= 11 is 1.01. The fourth-order valence-electron chi connectivity index (χ4n) is 2.54. The van der Waals surface area contributed by atoms with Crippen molar-refractivity contribution in [2.45, 2.75) is 19.7 Å². The number of carbonyl (C=O) groups is 2. The lowest BCUT2D eigenvalue weighted by Crippen LogP contribution is -2.23. The molecule has 162 valence electrons. The van der Waals surface area contributed by atoms with Gasteiger partial charge in [-0.15, -0.1) is 11.3 Å². The third-order valence-corrected chi connectivity index (χ3v) is 4.87. The summed E-state index contributed by atoms with van der Waals surface area (Å²) in [6.45, 7) is 0.945. The van der Waals surface area contributed by atoms with Gasteiger partial charge in [0.25, 0.3) is 5.56 Å². The van der Waals surface area contributed by atoms with Crippen molar-refractivity contribution in [3.05, 3.63) is 69.1 Å². The number of thiazole rings is 1. The van der Waals surface area contributed by atoms with Crippen molar-refractivity contribution in [2.24, 2.45) is 7.05 Å². The number of aromatic nitrogens is 3. The second-order valence-electron chi connectivity index (χ2n) is 6.28. The molecule has 1 aromatic carbocycles. The number of aryl methyl sites for hydroxylation is 1. The van der Waals surface area contributed by atoms with Gasteiger partial charge in [-0.25, -0.2) is 14.5 Å². The maximum atomic E-state index is 13.0. The molecule has 0 aliphatic carbocycles. The van der Waals surface area contributed by atoms with E-state index in [0.717, 1.165) is 33.1 Å². The minimum atomic E-state index is -4.56. The molecule has 0 spiro atoms. The first-order chi connectivity index (χ1) is 14.6. The molecule has 0 unspecified atom stereocenters. The summed E-state index contributed by atoms with van der Waals surface area (Å²) in [5.41, 5.74) is -1.07. The molecular weight excluding hydrogens is 437 g/mol. The van der Waals surface area contributed by atoms with Crippen LogP contribution in [0.15, 0.2) is 46.6 Å². The van der Waals surface area contributed by atoms with Crippen LogP contribution in [0.1, 0.15) is 28.7 Å². The van der Waals surface area contributed by atoms with E-state index < -0.39 is 23.6 Å². The van der Waals surface area contributed by atoms with Gasteiger partial charge in [-0.05, 0) is 24.3 Å². The molecule has 0 aliphatic heterocycles. The molecule has 0 aliphatic rings. The van der Waals surface area contributed by atoms with E-state index in [4.69, 9.17) is 4.74 Å². The highest BCUT2D eigenvalue weighted by Crippen LogP contribution is 2.35. The molecule has 0 radical (unpaired) electrons. The topological polar surface area (TPSA) is 94.4 Å². The molecule has 0 saturated heterocycles. The van der Waals surface area contributed by atoms with Crippen molar-refractivity contribution >= 4 is 34.0 Å². The normalized spacial score (nSPS) is 11.3. The van der Waals surface area contributed by atoms with Gasteiger partial charge in [-0.1, -0.05) is 6.07 Å². The van der Waals surface area contributed by atoms with Gasteiger partial charge in [-0.2, -0.15) is 18.3 Å². The summed E-state index contributed by atoms with van der Waals surface area (Å²) < 4.78 is 45.1. The first kappa shape index (κ1) is 22.2. The Morgan fingerprint density at radius 2 is 1.97 bits per heavy atom. The molecule has 8 nitrogen and oxygen atoms in total. The van der Waals surface area contributed by atoms with Gasteiger partial charge in [0.05, 0.1) is 16.9 Å². The molecule has 3 aromatic rings. The Balaban J connectivity index is 1.77. The van der Waals surface area contributed by atoms with E-state index in [0.29, 0.717) is 0 Å². The number of alkyl halides is 3. The van der Waals surface area contributed by atoms with E-state index in [2.05, 4.69) is 10.1 Å². The fourth-order valence-corrected chi connectivity index (χ4v) is 3.41. The standard InChI is InChI=1S/C19H15F3N4O4S/c1-11(27)26(14-5-3-4-12(8-14)19(20,21)22)18-23-13(10-31-18)9-30-17(29)15-6-7-16(28)25(2)24-15/h3-8,10H,9H2,1-2H3. The summed E-state index contributed by atoms with van der Waals surface area (Å²) in [6.07, 6.45) is -4.56. The van der Waals surface area contributed by atoms with Crippen molar-refractivity contribution in [1.82, 2.24) is 14.8 Å². The summed E-state index contributed by atoms with van der Waals surface area (Å²) in [5, 5.41) is 5.41. The number of carbonyl (C=O) groups excluding carboxylic acids is 2. The molecule has 0 bridgehead atoms. The van der Waals surface area contributed by atoms with Gasteiger partial charge in [0.2, 0.25) is 5.91 Å². The third kappa shape index (κ3) is 5.15. The quantitative estimate of drug-likeness (QED) is 0.552. The van der Waals surface area contributed by atoms with Crippen molar-refractivity contribution < 1.29 is 27.5 Å². The molecule has 0 N–H and O–H groups in total. The third-order valence-electron chi connectivity index (χ3n) is 4.00. The van der Waals surface area contributed by atoms with Gasteiger partial charge >= 0.3 is 12.1 Å². The minimum Gasteiger partial charge on any atom is -0.454 e. The smallest absolute Gasteiger partial charge is 0.416 e. The first-order valence-electron chi connectivity index (χ1n) is 8.70. The number of benzene rings is 1. The molecule has 31 heavy (non-hydrogen) atoms. The van der Waals surface area contributed by atoms with Gasteiger partial charge in [0.1, 0.15) is 6.61 Å². The van der Waals surface area contributed by atoms with Gasteiger partial charge in [-0.3, -0.25) is 14.5 Å². The number of hydrogen-bond donors (Lipinski definition) is 0. The Morgan fingerprint density at radius 1 is 1.23 bits per heavy atom. The number of hydrogen-bond acceptors (Lipinski definition) is 7. The SMILES string of the molecule is CC(=O)N(c1cccc(C(F)(F)F)c1)c1nc(COC(=O)c2ccc(=O)n(C)n2)cs1. The largest absolute Gasteiger partial charge is 0.454 e. The first-order valence-corrected chi connectivity index (χ1v) is 9.58. The molecule has 3 rings (SSSR count). The van der Waals surface area contributed by atoms with Crippen LogP contribution >= 0.6 is 11.3 Å². The van der Waals surface area contributed by atoms with Crippen LogP contribution in [0.2, 0.25) is 0 Å². The summed E-state index contributed by atoms with van der Waals surface area (Å²) in [6, 6.07) is 6.72. The van der Waals surface area contributed by atoms with Crippen LogP contribution in [-0.2, 0) is 29.4 Å². The van der Waals surface area contributed by atoms with Crippen molar-refractivity contribution in [3.8, 4) is 0 Å². The summed E-state index contributed by atoms with van der Waals surface area (Å²) in [5.74, 6) is -1.32. The lowest BCUT2D eigenvalue weighted by molar-refractivity contribution is -0.137. The average Bonchev–Trinajstić information content (AvgIpc) is 3.16. The summed E-state index contributed by atoms with van der Waals surface area (Å²) in [4.78, 5) is 40.8. The highest BCUT2D eigenvalue weighted by molar-refractivity contribution is 7.14. The molecule has 2 aromatic heterocycles. The molecule has 0 saturated carbocycles. The van der Waals surface area contributed by atoms with E-state index >= 15 is 0 Å². The van der Waals surface area contributed by atoms with E-state index in [1.54, 1.807) is 0 Å². The van der Waals surface area contributed by atoms with E-state index in [1.807, 2.05) is 0 Å². The second-order valence-corrected chi connectivity index (χ2v) is 7.12. The van der Waals surface area contributed by atoms with Crippen molar-refractivity contribution in [3.63, 3.8) is 0 Å². The predicted molar refractivity (Wildman–Crippen MR) is 105 cm³/mol. The van der Waals surface area contributed by atoms with Crippen LogP contribution < -0.4 is 10.5 Å². The number of amides is 1. The number of halogens is 3. The van der Waals surface area contributed by atoms with Gasteiger partial charge < -0.3 is 4.74 Å². The van der Waals surface area contributed by atoms with Crippen LogP contribution in [0.3, 0.4) is 0 Å². The maximum Gasteiger partial charge on any atom is 0.416 e. The van der Waals surface area contributed by atoms with E-state index in [1.165, 1.54) is 43.6 Å². The number of anilines is 2. The van der Waals surface area contributed by atoms with Crippen LogP contribution in [0.25, 0.3) is 0 Å². The zero-order valence-corrected chi connectivity index (χ0v) is 17.0. The molecule has 2 heterocycles. The van der Waals surface area contributed by atoms with E-state index in [9.17, 15) is 27.6 Å². The van der Waals surface area contributed by atoms with Crippen LogP contribution in [0.5, 0.6) is 0 Å². The highest BCUT2D eigenvalue weighted by atomic mass is 32.1. The molecule has 0 fully saturated rings. The van der Waals surface area contributed by atoms with Crippen LogP contribution in [-0.4, -0.2) is 26.6 Å². The number of nitrogens with zero attached hydrogens (tertiary/aromatic N) is 4. The zero-order chi connectivity index (χ0) is 22.8. The predicted octanol–water partition coefficient (Wildman–Crippen LogP) is 3.30. The Kier molecular flexibility index (Phi) is 6.20.